The predicted octanol–water partition coefficient (Wildman–Crippen LogP) is 3.22. The minimum atomic E-state index is -3.73. The molecule has 0 bridgehead atoms. The van der Waals surface area contributed by atoms with Crippen LogP contribution in [0.2, 0.25) is 0 Å². The van der Waals surface area contributed by atoms with Crippen LogP contribution in [-0.2, 0) is 24.8 Å². The molecule has 1 atom stereocenters. The molecule has 2 saturated heterocycles. The third kappa shape index (κ3) is 5.59. The summed E-state index contributed by atoms with van der Waals surface area (Å²) >= 11 is 0. The van der Waals surface area contributed by atoms with E-state index in [2.05, 4.69) is 5.32 Å². The first-order chi connectivity index (χ1) is 17.1. The summed E-state index contributed by atoms with van der Waals surface area (Å²) in [6.45, 7) is 3.23. The number of hydrogen-bond acceptors (Lipinski definition) is 6. The fourth-order valence-corrected chi connectivity index (χ4v) is 7.74. The van der Waals surface area contributed by atoms with Gasteiger partial charge in [0.1, 0.15) is 5.75 Å². The third-order valence-corrected chi connectivity index (χ3v) is 10.6. The largest absolute Gasteiger partial charge is 0.495 e. The van der Waals surface area contributed by atoms with Crippen LogP contribution in [0, 0.1) is 12.8 Å². The lowest BCUT2D eigenvalue weighted by Gasteiger charge is -2.31. The van der Waals surface area contributed by atoms with Gasteiger partial charge in [0, 0.05) is 26.2 Å². The molecular weight excluding hydrogens is 502 g/mol. The number of hydrogen-bond donors (Lipinski definition) is 1. The summed E-state index contributed by atoms with van der Waals surface area (Å²) < 4.78 is 60.7. The highest BCUT2D eigenvalue weighted by molar-refractivity contribution is 7.89. The number of nitrogens with one attached hydrogen (secondary N) is 1. The van der Waals surface area contributed by atoms with Crippen LogP contribution in [0.15, 0.2) is 52.3 Å². The lowest BCUT2D eigenvalue weighted by Crippen LogP contribution is -2.43. The molecule has 36 heavy (non-hydrogen) atoms. The molecule has 1 N–H and O–H groups in total. The number of aryl methyl sites for hydroxylation is 1. The van der Waals surface area contributed by atoms with Crippen molar-refractivity contribution < 1.29 is 26.4 Å². The second kappa shape index (κ2) is 10.9. The van der Waals surface area contributed by atoms with Crippen molar-refractivity contribution in [1.29, 1.82) is 0 Å². The fourth-order valence-electron chi connectivity index (χ4n) is 4.67. The number of piperidine rings is 2. The van der Waals surface area contributed by atoms with Crippen LogP contribution < -0.4 is 10.1 Å². The van der Waals surface area contributed by atoms with E-state index in [1.807, 2.05) is 6.92 Å². The quantitative estimate of drug-likeness (QED) is 0.583. The van der Waals surface area contributed by atoms with Crippen LogP contribution in [-0.4, -0.2) is 64.6 Å². The van der Waals surface area contributed by atoms with Crippen LogP contribution in [0.3, 0.4) is 0 Å². The Morgan fingerprint density at radius 3 is 2.14 bits per heavy atom. The van der Waals surface area contributed by atoms with Crippen LogP contribution in [0.4, 0.5) is 5.69 Å². The van der Waals surface area contributed by atoms with E-state index in [4.69, 9.17) is 4.74 Å². The number of amides is 1. The Hall–Kier alpha value is -2.47. The van der Waals surface area contributed by atoms with Gasteiger partial charge in [0.2, 0.25) is 26.0 Å². The van der Waals surface area contributed by atoms with Gasteiger partial charge < -0.3 is 10.1 Å². The van der Waals surface area contributed by atoms with Gasteiger partial charge in [-0.2, -0.15) is 8.61 Å². The Morgan fingerprint density at radius 2 is 1.47 bits per heavy atom. The number of rotatable bonds is 7. The minimum absolute atomic E-state index is 0.0517. The first-order valence-electron chi connectivity index (χ1n) is 12.2. The summed E-state index contributed by atoms with van der Waals surface area (Å²) in [6.07, 6.45) is 3.73. The number of methoxy groups -OCH3 is 1. The van der Waals surface area contributed by atoms with Gasteiger partial charge in [-0.1, -0.05) is 24.1 Å². The Kier molecular flexibility index (Phi) is 8.03. The normalized spacial score (nSPS) is 20.1. The van der Waals surface area contributed by atoms with E-state index in [1.165, 1.54) is 33.9 Å². The zero-order chi connectivity index (χ0) is 25.9. The van der Waals surface area contributed by atoms with Crippen molar-refractivity contribution >= 4 is 31.6 Å². The molecule has 2 aliphatic rings. The molecule has 11 heteroatoms. The van der Waals surface area contributed by atoms with Gasteiger partial charge in [0.15, 0.2) is 0 Å². The summed E-state index contributed by atoms with van der Waals surface area (Å²) in [6, 6.07) is 11.1. The molecule has 2 aromatic rings. The predicted molar refractivity (Wildman–Crippen MR) is 137 cm³/mol. The molecule has 1 amide bonds. The summed E-state index contributed by atoms with van der Waals surface area (Å²) in [4.78, 5) is 13.5. The maximum absolute atomic E-state index is 13.2. The van der Waals surface area contributed by atoms with Gasteiger partial charge >= 0.3 is 0 Å². The van der Waals surface area contributed by atoms with Crippen LogP contribution in [0.5, 0.6) is 5.75 Å². The van der Waals surface area contributed by atoms with Gasteiger partial charge in [-0.3, -0.25) is 4.79 Å². The Labute approximate surface area is 213 Å². The summed E-state index contributed by atoms with van der Waals surface area (Å²) in [5, 5.41) is 2.80. The molecule has 1 unspecified atom stereocenters. The standard InChI is InChI=1S/C25H33N3O6S2/c1-19-8-10-21(11-9-19)35(30,31)28-16-6-7-20(18-28)25(29)26-23-17-22(12-13-24(23)34-2)36(32,33)27-14-4-3-5-15-27/h8-13,17,20H,3-7,14-16,18H2,1-2H3,(H,26,29). The molecule has 196 valence electrons. The average molecular weight is 536 g/mol. The smallest absolute Gasteiger partial charge is 0.243 e. The van der Waals surface area contributed by atoms with E-state index in [9.17, 15) is 21.6 Å². The lowest BCUT2D eigenvalue weighted by molar-refractivity contribution is -0.120. The minimum Gasteiger partial charge on any atom is -0.495 e. The number of ether oxygens (including phenoxy) is 1. The molecule has 2 fully saturated rings. The van der Waals surface area contributed by atoms with E-state index < -0.39 is 26.0 Å². The highest BCUT2D eigenvalue weighted by atomic mass is 32.2. The van der Waals surface area contributed by atoms with E-state index >= 15 is 0 Å². The van der Waals surface area contributed by atoms with Gasteiger partial charge in [-0.15, -0.1) is 0 Å². The average Bonchev–Trinajstić information content (AvgIpc) is 2.89. The van der Waals surface area contributed by atoms with Crippen molar-refractivity contribution in [3.8, 4) is 5.75 Å². The van der Waals surface area contributed by atoms with Gasteiger partial charge in [0.25, 0.3) is 0 Å². The third-order valence-electron chi connectivity index (χ3n) is 6.80. The number of anilines is 1. The summed E-state index contributed by atoms with van der Waals surface area (Å²) in [5.74, 6) is -0.614. The van der Waals surface area contributed by atoms with Crippen LogP contribution in [0.1, 0.15) is 37.7 Å². The SMILES string of the molecule is COc1ccc(S(=O)(=O)N2CCCCC2)cc1NC(=O)C1CCCN(S(=O)(=O)c2ccc(C)cc2)C1. The number of benzene rings is 2. The molecule has 2 aromatic carbocycles. The molecule has 0 saturated carbocycles. The lowest BCUT2D eigenvalue weighted by atomic mass is 9.98. The Morgan fingerprint density at radius 1 is 0.861 bits per heavy atom. The fraction of sp³-hybridized carbons (Fsp3) is 0.480. The zero-order valence-electron chi connectivity index (χ0n) is 20.6. The highest BCUT2D eigenvalue weighted by Crippen LogP contribution is 2.31. The maximum Gasteiger partial charge on any atom is 0.243 e. The van der Waals surface area contributed by atoms with Crippen molar-refractivity contribution in [1.82, 2.24) is 8.61 Å². The first-order valence-corrected chi connectivity index (χ1v) is 15.1. The van der Waals surface area contributed by atoms with E-state index in [0.29, 0.717) is 38.2 Å². The molecule has 9 nitrogen and oxygen atoms in total. The van der Waals surface area contributed by atoms with Gasteiger partial charge in [-0.05, 0) is 62.9 Å². The number of carbonyl (C=O) groups excluding carboxylic acids is 1. The van der Waals surface area contributed by atoms with Crippen LogP contribution >= 0.6 is 0 Å². The first kappa shape index (κ1) is 26.6. The van der Waals surface area contributed by atoms with Crippen molar-refractivity contribution in [3.05, 3.63) is 48.0 Å². The molecule has 2 heterocycles. The maximum atomic E-state index is 13.2. The van der Waals surface area contributed by atoms with E-state index in [0.717, 1.165) is 24.8 Å². The number of nitrogens with zero attached hydrogens (tertiary/aromatic N) is 2. The van der Waals surface area contributed by atoms with Gasteiger partial charge in [-0.25, -0.2) is 16.8 Å². The van der Waals surface area contributed by atoms with Crippen molar-refractivity contribution in [2.24, 2.45) is 5.92 Å². The van der Waals surface area contributed by atoms with Crippen LogP contribution in [0.25, 0.3) is 0 Å². The summed E-state index contributed by atoms with van der Waals surface area (Å²) in [5.41, 5.74) is 1.21. The topological polar surface area (TPSA) is 113 Å². The molecule has 0 radical (unpaired) electrons. The Balaban J connectivity index is 1.52. The highest BCUT2D eigenvalue weighted by Gasteiger charge is 2.34. The van der Waals surface area contributed by atoms with E-state index in [-0.39, 0.29) is 27.9 Å². The molecule has 4 rings (SSSR count). The number of carbonyl (C=O) groups is 1. The van der Waals surface area contributed by atoms with Crippen molar-refractivity contribution in [3.63, 3.8) is 0 Å². The molecule has 2 aliphatic heterocycles. The second-order valence-corrected chi connectivity index (χ2v) is 13.2. The van der Waals surface area contributed by atoms with Gasteiger partial charge in [0.05, 0.1) is 28.5 Å². The molecule has 0 aromatic heterocycles. The molecule has 0 spiro atoms. The van der Waals surface area contributed by atoms with Crippen molar-refractivity contribution in [2.45, 2.75) is 48.8 Å². The Bertz CT molecular complexity index is 1300. The second-order valence-electron chi connectivity index (χ2n) is 9.33. The number of sulfonamides is 2. The zero-order valence-corrected chi connectivity index (χ0v) is 22.3. The summed E-state index contributed by atoms with van der Waals surface area (Å²) in [7, 11) is -5.97. The van der Waals surface area contributed by atoms with E-state index in [1.54, 1.807) is 24.3 Å². The molecular formula is C25H33N3O6S2. The molecule has 0 aliphatic carbocycles. The van der Waals surface area contributed by atoms with Crippen molar-refractivity contribution in [2.75, 3.05) is 38.6 Å². The monoisotopic (exact) mass is 535 g/mol.